The highest BCUT2D eigenvalue weighted by Gasteiger charge is 2.29. The van der Waals surface area contributed by atoms with Gasteiger partial charge in [-0.05, 0) is 42.5 Å². The van der Waals surface area contributed by atoms with Gasteiger partial charge in [0.05, 0.1) is 24.2 Å². The largest absolute Gasteiger partial charge is 0.497 e. The Balaban J connectivity index is 1.36. The maximum Gasteiger partial charge on any atom is 0.243 e. The lowest BCUT2D eigenvalue weighted by Gasteiger charge is -2.33. The van der Waals surface area contributed by atoms with Gasteiger partial charge in [-0.1, -0.05) is 12.1 Å². The first-order valence-corrected chi connectivity index (χ1v) is 12.3. The van der Waals surface area contributed by atoms with Crippen LogP contribution in [0.5, 0.6) is 5.75 Å². The fraction of sp³-hybridized carbons (Fsp3) is 0.250. The Labute approximate surface area is 197 Å². The van der Waals surface area contributed by atoms with Crippen LogP contribution in [-0.4, -0.2) is 65.4 Å². The molecule has 0 N–H and O–H groups in total. The molecule has 10 heteroatoms. The first-order chi connectivity index (χ1) is 16.5. The molecule has 0 saturated carbocycles. The van der Waals surface area contributed by atoms with Gasteiger partial charge < -0.3 is 4.74 Å². The van der Waals surface area contributed by atoms with Gasteiger partial charge in [-0.15, -0.1) is 0 Å². The number of rotatable bonds is 6. The van der Waals surface area contributed by atoms with Crippen LogP contribution >= 0.6 is 0 Å². The standard InChI is InChI=1S/C24H24FN5O3S/c1-33-20-7-3-8-21(16-20)34(31,32)29-13-11-28(12-14-29)17-23-27-22-9-4-10-26-24(22)30(23)19-6-2-5-18(25)15-19/h2-10,15-16H,11-14,17H2,1H3. The van der Waals surface area contributed by atoms with Gasteiger partial charge in [0.2, 0.25) is 10.0 Å². The predicted octanol–water partition coefficient (Wildman–Crippen LogP) is 3.07. The topological polar surface area (TPSA) is 80.6 Å². The number of methoxy groups -OCH3 is 1. The van der Waals surface area contributed by atoms with E-state index < -0.39 is 10.0 Å². The number of sulfonamides is 1. The number of benzene rings is 2. The first-order valence-electron chi connectivity index (χ1n) is 10.9. The number of halogens is 1. The molecule has 0 aliphatic carbocycles. The van der Waals surface area contributed by atoms with Gasteiger partial charge in [-0.3, -0.25) is 9.47 Å². The lowest BCUT2D eigenvalue weighted by atomic mass is 10.3. The summed E-state index contributed by atoms with van der Waals surface area (Å²) in [6.07, 6.45) is 1.69. The van der Waals surface area contributed by atoms with Crippen LogP contribution in [0.4, 0.5) is 4.39 Å². The highest BCUT2D eigenvalue weighted by atomic mass is 32.2. The van der Waals surface area contributed by atoms with Gasteiger partial charge in [-0.2, -0.15) is 4.31 Å². The van der Waals surface area contributed by atoms with Crippen LogP contribution in [0.1, 0.15) is 5.82 Å². The van der Waals surface area contributed by atoms with E-state index in [4.69, 9.17) is 9.72 Å². The fourth-order valence-corrected chi connectivity index (χ4v) is 5.65. The van der Waals surface area contributed by atoms with Crippen LogP contribution in [0.15, 0.2) is 71.8 Å². The molecule has 0 spiro atoms. The summed E-state index contributed by atoms with van der Waals surface area (Å²) in [6, 6.07) is 16.5. The zero-order valence-electron chi connectivity index (χ0n) is 18.6. The minimum Gasteiger partial charge on any atom is -0.497 e. The number of imidazole rings is 1. The van der Waals surface area contributed by atoms with Crippen LogP contribution in [0.25, 0.3) is 16.9 Å². The SMILES string of the molecule is COc1cccc(S(=O)(=O)N2CCN(Cc3nc4cccnc4n3-c3cccc(F)c3)CC2)c1. The summed E-state index contributed by atoms with van der Waals surface area (Å²) in [5, 5.41) is 0. The number of fused-ring (bicyclic) bond motifs is 1. The van der Waals surface area contributed by atoms with Gasteiger partial charge in [-0.25, -0.2) is 22.8 Å². The van der Waals surface area contributed by atoms with Crippen molar-refractivity contribution in [2.24, 2.45) is 0 Å². The summed E-state index contributed by atoms with van der Waals surface area (Å²) in [5.74, 6) is 0.894. The molecule has 1 saturated heterocycles. The van der Waals surface area contributed by atoms with E-state index in [2.05, 4.69) is 9.88 Å². The second-order valence-corrected chi connectivity index (χ2v) is 9.99. The van der Waals surface area contributed by atoms with Gasteiger partial charge >= 0.3 is 0 Å². The average Bonchev–Trinajstić information content (AvgIpc) is 3.22. The van der Waals surface area contributed by atoms with Crippen molar-refractivity contribution < 1.29 is 17.5 Å². The quantitative estimate of drug-likeness (QED) is 0.421. The lowest BCUT2D eigenvalue weighted by Crippen LogP contribution is -2.48. The van der Waals surface area contributed by atoms with E-state index in [1.54, 1.807) is 30.5 Å². The number of aromatic nitrogens is 3. The Morgan fingerprint density at radius 1 is 1.00 bits per heavy atom. The maximum absolute atomic E-state index is 14.0. The van der Waals surface area contributed by atoms with Crippen LogP contribution < -0.4 is 4.74 Å². The highest BCUT2D eigenvalue weighted by Crippen LogP contribution is 2.24. The molecule has 8 nitrogen and oxygen atoms in total. The number of piperazine rings is 1. The van der Waals surface area contributed by atoms with Gasteiger partial charge in [0, 0.05) is 38.4 Å². The third-order valence-corrected chi connectivity index (χ3v) is 7.82. The Kier molecular flexibility index (Phi) is 6.03. The number of pyridine rings is 1. The lowest BCUT2D eigenvalue weighted by molar-refractivity contribution is 0.177. The van der Waals surface area contributed by atoms with E-state index in [1.165, 1.54) is 29.6 Å². The first kappa shape index (κ1) is 22.5. The van der Waals surface area contributed by atoms with Crippen molar-refractivity contribution in [1.82, 2.24) is 23.7 Å². The summed E-state index contributed by atoms with van der Waals surface area (Å²) in [5.41, 5.74) is 2.03. The van der Waals surface area contributed by atoms with E-state index >= 15 is 0 Å². The second-order valence-electron chi connectivity index (χ2n) is 8.05. The zero-order valence-corrected chi connectivity index (χ0v) is 19.4. The van der Waals surface area contributed by atoms with Crippen molar-refractivity contribution >= 4 is 21.2 Å². The number of nitrogens with zero attached hydrogens (tertiary/aromatic N) is 5. The molecular weight excluding hydrogens is 457 g/mol. The molecule has 0 amide bonds. The molecule has 1 fully saturated rings. The summed E-state index contributed by atoms with van der Waals surface area (Å²) < 4.78 is 48.7. The third-order valence-electron chi connectivity index (χ3n) is 5.93. The van der Waals surface area contributed by atoms with E-state index in [-0.39, 0.29) is 10.7 Å². The van der Waals surface area contributed by atoms with Gasteiger partial charge in [0.1, 0.15) is 22.9 Å². The minimum atomic E-state index is -3.61. The van der Waals surface area contributed by atoms with Crippen molar-refractivity contribution in [3.63, 3.8) is 0 Å². The van der Waals surface area contributed by atoms with E-state index in [1.807, 2.05) is 22.8 Å². The van der Waals surface area contributed by atoms with Crippen LogP contribution in [0, 0.1) is 5.82 Å². The molecule has 0 atom stereocenters. The molecule has 1 aliphatic rings. The molecule has 176 valence electrons. The van der Waals surface area contributed by atoms with Crippen molar-refractivity contribution in [1.29, 1.82) is 0 Å². The number of ether oxygens (including phenoxy) is 1. The summed E-state index contributed by atoms with van der Waals surface area (Å²) in [7, 11) is -2.10. The molecule has 4 aromatic rings. The van der Waals surface area contributed by atoms with Crippen molar-refractivity contribution in [2.75, 3.05) is 33.3 Å². The summed E-state index contributed by atoms with van der Waals surface area (Å²) >= 11 is 0. The van der Waals surface area contributed by atoms with Crippen molar-refractivity contribution in [2.45, 2.75) is 11.4 Å². The van der Waals surface area contributed by atoms with E-state index in [0.29, 0.717) is 49.8 Å². The second kappa shape index (κ2) is 9.13. The molecule has 34 heavy (non-hydrogen) atoms. The molecular formula is C24H24FN5O3S. The van der Waals surface area contributed by atoms with Crippen molar-refractivity contribution in [3.8, 4) is 11.4 Å². The highest BCUT2D eigenvalue weighted by molar-refractivity contribution is 7.89. The van der Waals surface area contributed by atoms with E-state index in [0.717, 1.165) is 11.3 Å². The summed E-state index contributed by atoms with van der Waals surface area (Å²) in [6.45, 7) is 2.29. The Morgan fingerprint density at radius 2 is 1.79 bits per heavy atom. The molecule has 5 rings (SSSR count). The molecule has 2 aromatic heterocycles. The van der Waals surface area contributed by atoms with Gasteiger partial charge in [0.15, 0.2) is 5.65 Å². The smallest absolute Gasteiger partial charge is 0.243 e. The molecule has 0 unspecified atom stereocenters. The molecule has 0 bridgehead atoms. The van der Waals surface area contributed by atoms with Crippen LogP contribution in [-0.2, 0) is 16.6 Å². The Morgan fingerprint density at radius 3 is 2.56 bits per heavy atom. The van der Waals surface area contributed by atoms with Gasteiger partial charge in [0.25, 0.3) is 0 Å². The average molecular weight is 482 g/mol. The number of hydrogen-bond acceptors (Lipinski definition) is 6. The fourth-order valence-electron chi connectivity index (χ4n) is 4.19. The third kappa shape index (κ3) is 4.27. The van der Waals surface area contributed by atoms with Crippen molar-refractivity contribution in [3.05, 3.63) is 78.5 Å². The molecule has 3 heterocycles. The molecule has 0 radical (unpaired) electrons. The molecule has 2 aromatic carbocycles. The van der Waals surface area contributed by atoms with Crippen LogP contribution in [0.3, 0.4) is 0 Å². The number of hydrogen-bond donors (Lipinski definition) is 0. The maximum atomic E-state index is 14.0. The monoisotopic (exact) mass is 481 g/mol. The summed E-state index contributed by atoms with van der Waals surface area (Å²) in [4.78, 5) is 11.6. The van der Waals surface area contributed by atoms with E-state index in [9.17, 15) is 12.8 Å². The Bertz CT molecular complexity index is 1430. The normalized spacial score (nSPS) is 15.6. The zero-order chi connectivity index (χ0) is 23.7. The van der Waals surface area contributed by atoms with Crippen LogP contribution in [0.2, 0.25) is 0 Å². The molecule has 1 aliphatic heterocycles. The minimum absolute atomic E-state index is 0.222. The predicted molar refractivity (Wildman–Crippen MR) is 126 cm³/mol. The Hall–Kier alpha value is -3.34.